The van der Waals surface area contributed by atoms with Crippen molar-refractivity contribution in [2.75, 3.05) is 0 Å². The molecule has 3 heteroatoms. The standard InChI is InChI=1S/C10H19FO2/c1-7(2)6-8(11)9(12)13-10(3,4)5/h7-8H,6H2,1-5H3. The second-order valence-corrected chi connectivity index (χ2v) is 4.63. The predicted octanol–water partition coefficient (Wildman–Crippen LogP) is 2.71. The van der Waals surface area contributed by atoms with Crippen molar-refractivity contribution in [1.82, 2.24) is 0 Å². The van der Waals surface area contributed by atoms with Gasteiger partial charge in [0.1, 0.15) is 5.60 Å². The highest BCUT2D eigenvalue weighted by atomic mass is 19.1. The number of ether oxygens (including phenoxy) is 1. The van der Waals surface area contributed by atoms with E-state index in [1.54, 1.807) is 20.8 Å². The van der Waals surface area contributed by atoms with Crippen LogP contribution in [0.5, 0.6) is 0 Å². The average molecular weight is 190 g/mol. The second-order valence-electron chi connectivity index (χ2n) is 4.63. The molecule has 1 unspecified atom stereocenters. The molecule has 0 aromatic heterocycles. The van der Waals surface area contributed by atoms with Crippen molar-refractivity contribution in [2.24, 2.45) is 5.92 Å². The van der Waals surface area contributed by atoms with Crippen molar-refractivity contribution in [2.45, 2.75) is 52.8 Å². The molecule has 0 fully saturated rings. The molecule has 0 amide bonds. The fraction of sp³-hybridized carbons (Fsp3) is 0.900. The summed E-state index contributed by atoms with van der Waals surface area (Å²) in [7, 11) is 0. The lowest BCUT2D eigenvalue weighted by molar-refractivity contribution is -0.161. The zero-order valence-corrected chi connectivity index (χ0v) is 9.06. The van der Waals surface area contributed by atoms with Gasteiger partial charge in [-0.3, -0.25) is 0 Å². The summed E-state index contributed by atoms with van der Waals surface area (Å²) in [6.07, 6.45) is -1.26. The number of hydrogen-bond acceptors (Lipinski definition) is 2. The quantitative estimate of drug-likeness (QED) is 0.639. The molecule has 0 aliphatic carbocycles. The van der Waals surface area contributed by atoms with Crippen LogP contribution in [0.2, 0.25) is 0 Å². The van der Waals surface area contributed by atoms with Gasteiger partial charge in [-0.25, -0.2) is 9.18 Å². The van der Waals surface area contributed by atoms with Crippen molar-refractivity contribution in [1.29, 1.82) is 0 Å². The van der Waals surface area contributed by atoms with E-state index in [-0.39, 0.29) is 12.3 Å². The van der Waals surface area contributed by atoms with Crippen LogP contribution < -0.4 is 0 Å². The Kier molecular flexibility index (Phi) is 4.37. The van der Waals surface area contributed by atoms with E-state index < -0.39 is 17.7 Å². The Labute approximate surface area is 79.5 Å². The zero-order valence-electron chi connectivity index (χ0n) is 9.06. The molecule has 0 radical (unpaired) electrons. The largest absolute Gasteiger partial charge is 0.458 e. The van der Waals surface area contributed by atoms with Gasteiger partial charge >= 0.3 is 5.97 Å². The fourth-order valence-electron chi connectivity index (χ4n) is 0.876. The number of esters is 1. The third-order valence-corrected chi connectivity index (χ3v) is 1.34. The Morgan fingerprint density at radius 1 is 1.38 bits per heavy atom. The normalized spacial score (nSPS) is 14.4. The van der Waals surface area contributed by atoms with Crippen LogP contribution in [-0.4, -0.2) is 17.7 Å². The molecule has 0 aliphatic heterocycles. The number of rotatable bonds is 3. The van der Waals surface area contributed by atoms with Gasteiger partial charge < -0.3 is 4.74 Å². The molecule has 0 aromatic rings. The smallest absolute Gasteiger partial charge is 0.341 e. The second kappa shape index (κ2) is 4.58. The van der Waals surface area contributed by atoms with Crippen LogP contribution in [-0.2, 0) is 9.53 Å². The SMILES string of the molecule is CC(C)CC(F)C(=O)OC(C)(C)C. The Bertz CT molecular complexity index is 170. The molecule has 13 heavy (non-hydrogen) atoms. The molecule has 2 nitrogen and oxygen atoms in total. The van der Waals surface area contributed by atoms with Crippen molar-refractivity contribution in [3.63, 3.8) is 0 Å². The number of carbonyl (C=O) groups excluding carboxylic acids is 1. The lowest BCUT2D eigenvalue weighted by Crippen LogP contribution is -2.30. The van der Waals surface area contributed by atoms with Gasteiger partial charge in [0.2, 0.25) is 0 Å². The van der Waals surface area contributed by atoms with Gasteiger partial charge in [0.15, 0.2) is 6.17 Å². The third kappa shape index (κ3) is 6.55. The Balaban J connectivity index is 3.97. The van der Waals surface area contributed by atoms with Crippen molar-refractivity contribution >= 4 is 5.97 Å². The molecule has 0 bridgehead atoms. The maximum absolute atomic E-state index is 13.1. The minimum atomic E-state index is -1.49. The van der Waals surface area contributed by atoms with Crippen LogP contribution in [0.15, 0.2) is 0 Å². The first-order valence-corrected chi connectivity index (χ1v) is 4.59. The van der Waals surface area contributed by atoms with E-state index in [1.807, 2.05) is 13.8 Å². The minimum absolute atomic E-state index is 0.169. The van der Waals surface area contributed by atoms with Gasteiger partial charge in [-0.15, -0.1) is 0 Å². The van der Waals surface area contributed by atoms with E-state index in [4.69, 9.17) is 4.74 Å². The summed E-state index contributed by atoms with van der Waals surface area (Å²) in [5, 5.41) is 0. The molecule has 0 N–H and O–H groups in total. The lowest BCUT2D eigenvalue weighted by Gasteiger charge is -2.21. The summed E-state index contributed by atoms with van der Waals surface area (Å²) < 4.78 is 18.0. The van der Waals surface area contributed by atoms with E-state index in [9.17, 15) is 9.18 Å². The lowest BCUT2D eigenvalue weighted by atomic mass is 10.1. The Morgan fingerprint density at radius 3 is 2.15 bits per heavy atom. The number of hydrogen-bond donors (Lipinski definition) is 0. The summed E-state index contributed by atoms with van der Waals surface area (Å²) in [5.74, 6) is -0.580. The highest BCUT2D eigenvalue weighted by molar-refractivity contribution is 5.74. The van der Waals surface area contributed by atoms with Gasteiger partial charge in [-0.1, -0.05) is 13.8 Å². The Hall–Kier alpha value is -0.600. The van der Waals surface area contributed by atoms with Crippen molar-refractivity contribution in [3.05, 3.63) is 0 Å². The van der Waals surface area contributed by atoms with E-state index >= 15 is 0 Å². The van der Waals surface area contributed by atoms with Crippen molar-refractivity contribution < 1.29 is 13.9 Å². The maximum atomic E-state index is 13.1. The molecule has 0 spiro atoms. The first-order valence-electron chi connectivity index (χ1n) is 4.59. The minimum Gasteiger partial charge on any atom is -0.458 e. The molecule has 0 heterocycles. The molecular weight excluding hydrogens is 171 g/mol. The molecule has 1 atom stereocenters. The van der Waals surface area contributed by atoms with E-state index in [0.717, 1.165) is 0 Å². The van der Waals surface area contributed by atoms with Gasteiger partial charge in [0.05, 0.1) is 0 Å². The molecule has 78 valence electrons. The maximum Gasteiger partial charge on any atom is 0.341 e. The first-order chi connectivity index (χ1) is 5.72. The molecule has 0 aliphatic rings. The van der Waals surface area contributed by atoms with Crippen molar-refractivity contribution in [3.8, 4) is 0 Å². The van der Waals surface area contributed by atoms with Crippen LogP contribution in [0, 0.1) is 5.92 Å². The highest BCUT2D eigenvalue weighted by Gasteiger charge is 2.25. The van der Waals surface area contributed by atoms with Crippen LogP contribution in [0.3, 0.4) is 0 Å². The van der Waals surface area contributed by atoms with Crippen LogP contribution in [0.1, 0.15) is 41.0 Å². The van der Waals surface area contributed by atoms with E-state index in [1.165, 1.54) is 0 Å². The van der Waals surface area contributed by atoms with Crippen LogP contribution >= 0.6 is 0 Å². The summed E-state index contributed by atoms with van der Waals surface area (Å²) in [6.45, 7) is 8.93. The molecule has 0 aromatic carbocycles. The molecular formula is C10H19FO2. The van der Waals surface area contributed by atoms with Gasteiger partial charge in [-0.05, 0) is 33.1 Å². The fourth-order valence-corrected chi connectivity index (χ4v) is 0.876. The summed E-state index contributed by atoms with van der Waals surface area (Å²) in [4.78, 5) is 11.1. The topological polar surface area (TPSA) is 26.3 Å². The summed E-state index contributed by atoms with van der Waals surface area (Å²) in [5.41, 5.74) is -0.599. The monoisotopic (exact) mass is 190 g/mol. The predicted molar refractivity (Wildman–Crippen MR) is 50.2 cm³/mol. The van der Waals surface area contributed by atoms with Gasteiger partial charge in [-0.2, -0.15) is 0 Å². The third-order valence-electron chi connectivity index (χ3n) is 1.34. The molecule has 0 rings (SSSR count). The summed E-state index contributed by atoms with van der Waals surface area (Å²) in [6, 6.07) is 0. The van der Waals surface area contributed by atoms with E-state index in [0.29, 0.717) is 0 Å². The van der Waals surface area contributed by atoms with Crippen LogP contribution in [0.4, 0.5) is 4.39 Å². The Morgan fingerprint density at radius 2 is 1.85 bits per heavy atom. The van der Waals surface area contributed by atoms with Gasteiger partial charge in [0.25, 0.3) is 0 Å². The van der Waals surface area contributed by atoms with E-state index in [2.05, 4.69) is 0 Å². The summed E-state index contributed by atoms with van der Waals surface area (Å²) >= 11 is 0. The van der Waals surface area contributed by atoms with Crippen LogP contribution in [0.25, 0.3) is 0 Å². The average Bonchev–Trinajstić information content (AvgIpc) is 1.81. The number of carbonyl (C=O) groups is 1. The number of alkyl halides is 1. The first kappa shape index (κ1) is 12.4. The molecule has 0 saturated carbocycles. The molecule has 0 saturated heterocycles. The number of halogens is 1. The van der Waals surface area contributed by atoms with Gasteiger partial charge in [0, 0.05) is 0 Å². The highest BCUT2D eigenvalue weighted by Crippen LogP contribution is 2.14. The zero-order chi connectivity index (χ0) is 10.6.